The van der Waals surface area contributed by atoms with Gasteiger partial charge in [-0.1, -0.05) is 30.3 Å². The predicted octanol–water partition coefficient (Wildman–Crippen LogP) is 2.90. The van der Waals surface area contributed by atoms with Crippen LogP contribution in [0.4, 0.5) is 13.2 Å². The van der Waals surface area contributed by atoms with Crippen LogP contribution in [-0.4, -0.2) is 12.7 Å². The summed E-state index contributed by atoms with van der Waals surface area (Å²) in [6.45, 7) is 0.754. The fraction of sp³-hybridized carbons (Fsp3) is 0.400. The van der Waals surface area contributed by atoms with Gasteiger partial charge < -0.3 is 5.32 Å². The lowest BCUT2D eigenvalue weighted by atomic mass is 10.1. The van der Waals surface area contributed by atoms with E-state index in [0.29, 0.717) is 0 Å². The van der Waals surface area contributed by atoms with Gasteiger partial charge in [-0.2, -0.15) is 13.2 Å². The van der Waals surface area contributed by atoms with Crippen LogP contribution in [0.5, 0.6) is 0 Å². The van der Waals surface area contributed by atoms with Gasteiger partial charge >= 0.3 is 6.18 Å². The van der Waals surface area contributed by atoms with Crippen LogP contribution in [0.15, 0.2) is 30.3 Å². The molecule has 0 bridgehead atoms. The van der Waals surface area contributed by atoms with Crippen molar-refractivity contribution in [2.45, 2.75) is 19.1 Å². The molecule has 0 heterocycles. The molecular weight excluding hydrogens is 191 g/mol. The van der Waals surface area contributed by atoms with E-state index in [1.807, 2.05) is 6.07 Å². The summed E-state index contributed by atoms with van der Waals surface area (Å²) < 4.78 is 35.6. The Balaban J connectivity index is 2.48. The second-order valence-electron chi connectivity index (χ2n) is 3.13. The van der Waals surface area contributed by atoms with Gasteiger partial charge in [-0.25, -0.2) is 0 Å². The third-order valence-electron chi connectivity index (χ3n) is 1.91. The first kappa shape index (κ1) is 11.0. The Kier molecular flexibility index (Phi) is 3.52. The van der Waals surface area contributed by atoms with Crippen LogP contribution < -0.4 is 5.32 Å². The average Bonchev–Trinajstić information content (AvgIpc) is 2.14. The molecule has 0 amide bonds. The van der Waals surface area contributed by atoms with Crippen LogP contribution in [0.2, 0.25) is 0 Å². The molecule has 0 spiro atoms. The third kappa shape index (κ3) is 3.79. The van der Waals surface area contributed by atoms with Crippen LogP contribution in [0, 0.1) is 0 Å². The summed E-state index contributed by atoms with van der Waals surface area (Å²) in [7, 11) is 0. The molecule has 1 aromatic carbocycles. The lowest BCUT2D eigenvalue weighted by Crippen LogP contribution is -2.30. The first-order chi connectivity index (χ1) is 6.49. The second-order valence-corrected chi connectivity index (χ2v) is 3.13. The summed E-state index contributed by atoms with van der Waals surface area (Å²) in [5.41, 5.74) is 0.858. The maximum Gasteiger partial charge on any atom is 0.401 e. The minimum atomic E-state index is -4.15. The van der Waals surface area contributed by atoms with Gasteiger partial charge in [0, 0.05) is 6.04 Å². The van der Waals surface area contributed by atoms with Crippen LogP contribution in [-0.2, 0) is 0 Å². The number of benzene rings is 1. The molecule has 0 fully saturated rings. The Morgan fingerprint density at radius 1 is 1.21 bits per heavy atom. The highest BCUT2D eigenvalue weighted by molar-refractivity contribution is 5.17. The van der Waals surface area contributed by atoms with E-state index in [1.54, 1.807) is 31.2 Å². The van der Waals surface area contributed by atoms with Gasteiger partial charge in [0.05, 0.1) is 6.54 Å². The van der Waals surface area contributed by atoms with E-state index in [1.165, 1.54) is 0 Å². The first-order valence-electron chi connectivity index (χ1n) is 4.34. The van der Waals surface area contributed by atoms with Crippen molar-refractivity contribution in [1.82, 2.24) is 5.32 Å². The topological polar surface area (TPSA) is 12.0 Å². The number of alkyl halides is 3. The summed E-state index contributed by atoms with van der Waals surface area (Å²) in [5, 5.41) is 2.41. The predicted molar refractivity (Wildman–Crippen MR) is 48.9 cm³/mol. The number of hydrogen-bond acceptors (Lipinski definition) is 1. The highest BCUT2D eigenvalue weighted by atomic mass is 19.4. The maximum absolute atomic E-state index is 11.9. The smallest absolute Gasteiger partial charge is 0.302 e. The molecule has 4 heteroatoms. The molecule has 0 saturated carbocycles. The van der Waals surface area contributed by atoms with Gasteiger partial charge in [0.2, 0.25) is 0 Å². The summed E-state index contributed by atoms with van der Waals surface area (Å²) in [4.78, 5) is 0. The zero-order valence-electron chi connectivity index (χ0n) is 7.81. The van der Waals surface area contributed by atoms with Crippen LogP contribution in [0.3, 0.4) is 0 Å². The Morgan fingerprint density at radius 2 is 1.79 bits per heavy atom. The van der Waals surface area contributed by atoms with E-state index in [2.05, 4.69) is 5.32 Å². The van der Waals surface area contributed by atoms with E-state index < -0.39 is 12.7 Å². The van der Waals surface area contributed by atoms with E-state index in [9.17, 15) is 13.2 Å². The van der Waals surface area contributed by atoms with Crippen molar-refractivity contribution in [1.29, 1.82) is 0 Å². The Labute approximate surface area is 80.9 Å². The van der Waals surface area contributed by atoms with Crippen molar-refractivity contribution in [3.8, 4) is 0 Å². The fourth-order valence-electron chi connectivity index (χ4n) is 1.13. The lowest BCUT2D eigenvalue weighted by molar-refractivity contribution is -0.126. The molecule has 78 valence electrons. The highest BCUT2D eigenvalue weighted by Crippen LogP contribution is 2.16. The summed E-state index contributed by atoms with van der Waals surface area (Å²) >= 11 is 0. The zero-order valence-corrected chi connectivity index (χ0v) is 7.81. The number of halogens is 3. The molecule has 14 heavy (non-hydrogen) atoms. The standard InChI is InChI=1S/C10H12F3N/c1-8(14-7-10(11,12)13)9-5-3-2-4-6-9/h2-6,8,14H,7H2,1H3/t8-/m1/s1. The van der Waals surface area contributed by atoms with Crippen LogP contribution >= 0.6 is 0 Å². The van der Waals surface area contributed by atoms with Gasteiger partial charge in [-0.15, -0.1) is 0 Å². The molecule has 1 nitrogen and oxygen atoms in total. The molecule has 0 unspecified atom stereocenters. The van der Waals surface area contributed by atoms with Gasteiger partial charge in [0.1, 0.15) is 0 Å². The SMILES string of the molecule is C[C@@H](NCC(F)(F)F)c1ccccc1. The van der Waals surface area contributed by atoms with Crippen LogP contribution in [0.25, 0.3) is 0 Å². The number of hydrogen-bond donors (Lipinski definition) is 1. The molecule has 0 aliphatic rings. The van der Waals surface area contributed by atoms with Crippen molar-refractivity contribution in [2.24, 2.45) is 0 Å². The zero-order chi connectivity index (χ0) is 10.6. The monoisotopic (exact) mass is 203 g/mol. The Hall–Kier alpha value is -1.03. The molecule has 0 aliphatic carbocycles. The normalized spacial score (nSPS) is 14.0. The van der Waals surface area contributed by atoms with Gasteiger partial charge in [-0.3, -0.25) is 0 Å². The molecular formula is C10H12F3N. The minimum absolute atomic E-state index is 0.280. The largest absolute Gasteiger partial charge is 0.401 e. The van der Waals surface area contributed by atoms with Gasteiger partial charge in [-0.05, 0) is 12.5 Å². The van der Waals surface area contributed by atoms with Crippen molar-refractivity contribution in [3.63, 3.8) is 0 Å². The minimum Gasteiger partial charge on any atom is -0.302 e. The first-order valence-corrected chi connectivity index (χ1v) is 4.34. The van der Waals surface area contributed by atoms with E-state index in [-0.39, 0.29) is 6.04 Å². The molecule has 0 saturated heterocycles. The van der Waals surface area contributed by atoms with Crippen molar-refractivity contribution >= 4 is 0 Å². The van der Waals surface area contributed by atoms with E-state index >= 15 is 0 Å². The van der Waals surface area contributed by atoms with Crippen molar-refractivity contribution in [2.75, 3.05) is 6.54 Å². The number of nitrogens with one attached hydrogen (secondary N) is 1. The van der Waals surface area contributed by atoms with E-state index in [4.69, 9.17) is 0 Å². The Bertz CT molecular complexity index is 268. The summed E-state index contributed by atoms with van der Waals surface area (Å²) in [6.07, 6.45) is -4.15. The fourth-order valence-corrected chi connectivity index (χ4v) is 1.13. The molecule has 0 aromatic heterocycles. The average molecular weight is 203 g/mol. The number of rotatable bonds is 3. The molecule has 1 N–H and O–H groups in total. The third-order valence-corrected chi connectivity index (χ3v) is 1.91. The van der Waals surface area contributed by atoms with Crippen molar-refractivity contribution in [3.05, 3.63) is 35.9 Å². The molecule has 1 atom stereocenters. The molecule has 0 aliphatic heterocycles. The highest BCUT2D eigenvalue weighted by Gasteiger charge is 2.27. The Morgan fingerprint density at radius 3 is 2.29 bits per heavy atom. The quantitative estimate of drug-likeness (QED) is 0.796. The van der Waals surface area contributed by atoms with Crippen LogP contribution in [0.1, 0.15) is 18.5 Å². The van der Waals surface area contributed by atoms with Gasteiger partial charge in [0.15, 0.2) is 0 Å². The molecule has 1 rings (SSSR count). The maximum atomic E-state index is 11.9. The lowest BCUT2D eigenvalue weighted by Gasteiger charge is -2.15. The molecule has 0 radical (unpaired) electrons. The second kappa shape index (κ2) is 4.46. The summed E-state index contributed by atoms with van der Waals surface area (Å²) in [6, 6.07) is 8.77. The summed E-state index contributed by atoms with van der Waals surface area (Å²) in [5.74, 6) is 0. The van der Waals surface area contributed by atoms with E-state index in [0.717, 1.165) is 5.56 Å². The molecule has 1 aromatic rings. The van der Waals surface area contributed by atoms with Crippen molar-refractivity contribution < 1.29 is 13.2 Å². The van der Waals surface area contributed by atoms with Gasteiger partial charge in [0.25, 0.3) is 0 Å².